The quantitative estimate of drug-likeness (QED) is 0.0456. The number of benzene rings is 12. The second kappa shape index (κ2) is 38.3. The van der Waals surface area contributed by atoms with Gasteiger partial charge in [-0.3, -0.25) is 0 Å². The summed E-state index contributed by atoms with van der Waals surface area (Å²) < 4.78 is 0. The van der Waals surface area contributed by atoms with Gasteiger partial charge in [0.15, 0.2) is 0 Å². The Morgan fingerprint density at radius 2 is 0.323 bits per heavy atom. The molecule has 0 saturated heterocycles. The predicted octanol–water partition coefficient (Wildman–Crippen LogP) is 20.2. The zero-order valence-electron chi connectivity index (χ0n) is 54.6. The molecule has 9 heteroatoms. The van der Waals surface area contributed by atoms with E-state index in [1.165, 1.54) is 80.6 Å². The van der Waals surface area contributed by atoms with Gasteiger partial charge in [0.2, 0.25) is 0 Å². The number of rotatable bonds is 18. The molecule has 0 heterocycles. The van der Waals surface area contributed by atoms with Gasteiger partial charge < -0.3 is 0 Å². The second-order valence-corrected chi connectivity index (χ2v) is 39.3. The number of halogens is 2. The van der Waals surface area contributed by atoms with E-state index in [4.69, 9.17) is 19.4 Å². The number of hydrogen-bond donors (Lipinski definition) is 0. The Balaban J connectivity index is 0.000000138. The first-order valence-corrected chi connectivity index (χ1v) is 45.8. The van der Waals surface area contributed by atoms with Gasteiger partial charge in [0.05, 0.1) is 0 Å². The van der Waals surface area contributed by atoms with Crippen LogP contribution in [-0.4, -0.2) is 17.0 Å². The van der Waals surface area contributed by atoms with Crippen molar-refractivity contribution >= 4 is 131 Å². The molecule has 0 fully saturated rings. The predicted molar refractivity (Wildman–Crippen MR) is 442 cm³/mol. The molecule has 0 radical (unpaired) electrons. The minimum atomic E-state index is -0.627. The van der Waals surface area contributed by atoms with Crippen LogP contribution in [0.1, 0.15) is 0 Å². The zero-order valence-corrected chi connectivity index (χ0v) is 63.2. The minimum absolute atomic E-state index is 0.346. The van der Waals surface area contributed by atoms with E-state index >= 15 is 0 Å². The van der Waals surface area contributed by atoms with Crippen molar-refractivity contribution < 1.29 is 15.1 Å². The van der Waals surface area contributed by atoms with Gasteiger partial charge in [0.25, 0.3) is 0 Å². The summed E-state index contributed by atoms with van der Waals surface area (Å²) in [5.74, 6) is 0. The van der Waals surface area contributed by atoms with Crippen molar-refractivity contribution in [1.82, 2.24) is 0 Å². The number of hydrogen-bond acceptors (Lipinski definition) is 0. The Bertz CT molecular complexity index is 3480. The molecular formula is C90H75Cl2P6Ru-3. The Labute approximate surface area is 611 Å². The first-order valence-electron chi connectivity index (χ1n) is 33.1. The van der Waals surface area contributed by atoms with Crippen molar-refractivity contribution in [2.24, 2.45) is 0 Å². The van der Waals surface area contributed by atoms with E-state index < -0.39 is 47.5 Å². The fourth-order valence-corrected chi connectivity index (χ4v) is 29.6. The zero-order chi connectivity index (χ0) is 67.5. The summed E-state index contributed by atoms with van der Waals surface area (Å²) in [5.41, 5.74) is 5.64. The van der Waals surface area contributed by atoms with Crippen LogP contribution in [0.5, 0.6) is 0 Å². The van der Waals surface area contributed by atoms with Crippen LogP contribution in [-0.2, 0) is 15.1 Å². The fraction of sp³-hybridized carbons (Fsp3) is 0.0333. The molecule has 0 bridgehead atoms. The van der Waals surface area contributed by atoms with Crippen LogP contribution in [0.25, 0.3) is 0 Å². The Morgan fingerprint density at radius 1 is 0.192 bits per heavy atom. The van der Waals surface area contributed by atoms with E-state index in [0.29, 0.717) is 17.0 Å². The molecule has 3 aliphatic carbocycles. The van der Waals surface area contributed by atoms with Crippen LogP contribution in [0.3, 0.4) is 0 Å². The van der Waals surface area contributed by atoms with E-state index in [1.807, 2.05) is 0 Å². The standard InChI is InChI=1S/3C30H25P2.2ClH.Ru/c3*1-5-15-25(16-6-1)31(26-17-7-2-8-18-26)29-23-13-14-24-30(29)32(27-19-9-3-10-20-27)28-21-11-4-12-22-28;;;/h3*1-24,29H;2*1H;/q3*-1;;;+2/p-2. The molecule has 15 rings (SSSR count). The van der Waals surface area contributed by atoms with Crippen molar-refractivity contribution in [3.63, 3.8) is 0 Å². The van der Waals surface area contributed by atoms with Gasteiger partial charge >= 0.3 is 34.5 Å². The molecule has 12 aromatic rings. The van der Waals surface area contributed by atoms with Gasteiger partial charge in [0.1, 0.15) is 0 Å². The maximum absolute atomic E-state index is 4.85. The van der Waals surface area contributed by atoms with Gasteiger partial charge in [-0.25, -0.2) is 36.5 Å². The molecule has 0 N–H and O–H groups in total. The fourth-order valence-electron chi connectivity index (χ4n) is 12.6. The third-order valence-electron chi connectivity index (χ3n) is 16.8. The van der Waals surface area contributed by atoms with Crippen LogP contribution in [0.2, 0.25) is 0 Å². The average Bonchev–Trinajstić information content (AvgIpc) is 0.795. The first-order chi connectivity index (χ1) is 49.2. The normalized spacial score (nSPS) is 15.2. The van der Waals surface area contributed by atoms with Gasteiger partial charge in [-0.05, 0) is 80.6 Å². The van der Waals surface area contributed by atoms with Crippen molar-refractivity contribution in [2.45, 2.75) is 17.0 Å². The molecule has 0 amide bonds. The molecule has 3 unspecified atom stereocenters. The van der Waals surface area contributed by atoms with Gasteiger partial charge in [-0.2, -0.15) is 17.0 Å². The molecule has 0 nitrogen and oxygen atoms in total. The van der Waals surface area contributed by atoms with Crippen LogP contribution in [0.15, 0.2) is 437 Å². The van der Waals surface area contributed by atoms with Crippen molar-refractivity contribution in [1.29, 1.82) is 0 Å². The summed E-state index contributed by atoms with van der Waals surface area (Å²) in [7, 11) is 6.09. The van der Waals surface area contributed by atoms with Crippen LogP contribution in [0.4, 0.5) is 0 Å². The Kier molecular flexibility index (Phi) is 27.6. The molecule has 0 spiro atoms. The van der Waals surface area contributed by atoms with Crippen molar-refractivity contribution in [3.05, 3.63) is 454 Å². The van der Waals surface area contributed by atoms with Gasteiger partial charge in [-0.1, -0.05) is 388 Å². The van der Waals surface area contributed by atoms with Crippen molar-refractivity contribution in [3.8, 4) is 0 Å². The molecule has 3 aliphatic rings. The first kappa shape index (κ1) is 71.3. The third kappa shape index (κ3) is 18.9. The van der Waals surface area contributed by atoms with Crippen LogP contribution < -0.4 is 63.7 Å². The summed E-state index contributed by atoms with van der Waals surface area (Å²) in [4.78, 5) is 0. The Morgan fingerprint density at radius 3 is 0.465 bits per heavy atom. The summed E-state index contributed by atoms with van der Waals surface area (Å²) in [5, 5.41) is 17.0. The molecule has 0 saturated carbocycles. The third-order valence-corrected chi connectivity index (χ3v) is 33.3. The number of allylic oxidation sites excluding steroid dienone is 12. The molecule has 490 valence electrons. The van der Waals surface area contributed by atoms with E-state index in [-0.39, 0.29) is 15.1 Å². The summed E-state index contributed by atoms with van der Waals surface area (Å²) in [6, 6.07) is 133. The average molecular weight is 1510 g/mol. The molecule has 3 atom stereocenters. The molecule has 12 aromatic carbocycles. The SMILES string of the molecule is C1=C[C-](P(c2ccccc2)c2ccccc2)C(P(c2ccccc2)c2ccccc2)C=C1.C1=C[C-](P(c2ccccc2)c2ccccc2)C(P(c2ccccc2)c2ccccc2)C=C1.C1=C[C-](P(c2ccccc2)c2ccccc2)C(P(c2ccccc2)c2ccccc2)C=C1.[Cl][Ru][Cl]. The molecule has 0 aromatic heterocycles. The van der Waals surface area contributed by atoms with Gasteiger partial charge in [0, 0.05) is 0 Å². The van der Waals surface area contributed by atoms with Crippen LogP contribution >= 0.6 is 66.9 Å². The Hall–Kier alpha value is -7.53. The van der Waals surface area contributed by atoms with E-state index in [0.717, 1.165) is 0 Å². The van der Waals surface area contributed by atoms with E-state index in [1.54, 1.807) is 0 Å². The van der Waals surface area contributed by atoms with Crippen LogP contribution in [0, 0.1) is 17.0 Å². The van der Waals surface area contributed by atoms with Gasteiger partial charge in [-0.15, -0.1) is 60.2 Å². The summed E-state index contributed by atoms with van der Waals surface area (Å²) in [6.45, 7) is 0. The molecule has 99 heavy (non-hydrogen) atoms. The maximum atomic E-state index is 4.85. The monoisotopic (exact) mass is 1510 g/mol. The van der Waals surface area contributed by atoms with E-state index in [9.17, 15) is 0 Å². The van der Waals surface area contributed by atoms with Crippen molar-refractivity contribution in [2.75, 3.05) is 0 Å². The van der Waals surface area contributed by atoms with E-state index in [2.05, 4.69) is 437 Å². The second-order valence-electron chi connectivity index (χ2n) is 23.0. The molecule has 0 aliphatic heterocycles. The topological polar surface area (TPSA) is 0 Å². The molecular weight excluding hydrogens is 1440 g/mol. The summed E-state index contributed by atoms with van der Waals surface area (Å²) in [6.07, 6.45) is 27.8. The summed E-state index contributed by atoms with van der Waals surface area (Å²) >= 11 is -0.346.